The first kappa shape index (κ1) is 16.3. The van der Waals surface area contributed by atoms with Crippen LogP contribution < -0.4 is 0 Å². The van der Waals surface area contributed by atoms with Gasteiger partial charge in [-0.1, -0.05) is 0 Å². The van der Waals surface area contributed by atoms with Crippen LogP contribution in [0.15, 0.2) is 0 Å². The van der Waals surface area contributed by atoms with Gasteiger partial charge in [0.1, 0.15) is 6.04 Å². The number of sulfone groups is 1. The Labute approximate surface area is 126 Å². The zero-order chi connectivity index (χ0) is 15.6. The van der Waals surface area contributed by atoms with Gasteiger partial charge in [0.05, 0.1) is 17.4 Å². The van der Waals surface area contributed by atoms with Crippen molar-refractivity contribution in [2.24, 2.45) is 5.92 Å². The van der Waals surface area contributed by atoms with Gasteiger partial charge < -0.3 is 9.80 Å². The van der Waals surface area contributed by atoms with Crippen LogP contribution in [0.1, 0.15) is 33.1 Å². The minimum absolute atomic E-state index is 0.00768. The van der Waals surface area contributed by atoms with Crippen molar-refractivity contribution >= 4 is 21.7 Å². The molecular weight excluding hydrogens is 292 g/mol. The SMILES string of the molecule is CCN(CC)C(=O)[C@@H]1CCCN1C(=O)[C@@H]1CCS(=O)(=O)C1. The highest BCUT2D eigenvalue weighted by atomic mass is 32.2. The van der Waals surface area contributed by atoms with E-state index in [2.05, 4.69) is 0 Å². The molecule has 2 aliphatic rings. The third-order valence-electron chi connectivity index (χ3n) is 4.48. The molecule has 0 saturated carbocycles. The molecule has 2 amide bonds. The van der Waals surface area contributed by atoms with Crippen LogP contribution in [-0.2, 0) is 19.4 Å². The van der Waals surface area contributed by atoms with Crippen molar-refractivity contribution < 1.29 is 18.0 Å². The highest BCUT2D eigenvalue weighted by Crippen LogP contribution is 2.26. The number of nitrogens with zero attached hydrogens (tertiary/aromatic N) is 2. The molecule has 120 valence electrons. The lowest BCUT2D eigenvalue weighted by atomic mass is 10.1. The minimum atomic E-state index is -3.08. The van der Waals surface area contributed by atoms with Gasteiger partial charge in [-0.25, -0.2) is 8.42 Å². The summed E-state index contributed by atoms with van der Waals surface area (Å²) in [6.45, 7) is 5.67. The van der Waals surface area contributed by atoms with Gasteiger partial charge in [0.25, 0.3) is 0 Å². The van der Waals surface area contributed by atoms with Crippen molar-refractivity contribution in [2.45, 2.75) is 39.2 Å². The maximum absolute atomic E-state index is 12.5. The Balaban J connectivity index is 2.08. The first-order valence-corrected chi connectivity index (χ1v) is 9.51. The first-order chi connectivity index (χ1) is 9.89. The predicted octanol–water partition coefficient (Wildman–Crippen LogP) is 0.281. The zero-order valence-corrected chi connectivity index (χ0v) is 13.6. The molecule has 2 aliphatic heterocycles. The first-order valence-electron chi connectivity index (χ1n) is 7.69. The second-order valence-electron chi connectivity index (χ2n) is 5.80. The van der Waals surface area contributed by atoms with Gasteiger partial charge in [0.2, 0.25) is 11.8 Å². The molecule has 2 atom stereocenters. The molecule has 0 radical (unpaired) electrons. The molecule has 0 spiro atoms. The molecule has 0 aromatic carbocycles. The Bertz CT molecular complexity index is 513. The summed E-state index contributed by atoms with van der Waals surface area (Å²) in [5.41, 5.74) is 0. The van der Waals surface area contributed by atoms with Crippen molar-refractivity contribution in [3.8, 4) is 0 Å². The maximum Gasteiger partial charge on any atom is 0.245 e. The summed E-state index contributed by atoms with van der Waals surface area (Å²) in [6.07, 6.45) is 1.88. The van der Waals surface area contributed by atoms with Crippen molar-refractivity contribution in [3.63, 3.8) is 0 Å². The van der Waals surface area contributed by atoms with Crippen LogP contribution in [-0.4, -0.2) is 67.2 Å². The van der Waals surface area contributed by atoms with E-state index in [0.29, 0.717) is 32.5 Å². The van der Waals surface area contributed by atoms with Crippen LogP contribution in [0.5, 0.6) is 0 Å². The summed E-state index contributed by atoms with van der Waals surface area (Å²) in [4.78, 5) is 28.4. The maximum atomic E-state index is 12.5. The third-order valence-corrected chi connectivity index (χ3v) is 6.25. The Morgan fingerprint density at radius 3 is 2.38 bits per heavy atom. The Kier molecular flexibility index (Phi) is 4.91. The van der Waals surface area contributed by atoms with E-state index in [1.54, 1.807) is 9.80 Å². The van der Waals surface area contributed by atoms with Crippen molar-refractivity contribution in [1.82, 2.24) is 9.80 Å². The standard InChI is InChI=1S/C14H24N2O4S/c1-3-15(4-2)14(18)12-6-5-8-16(12)13(17)11-7-9-21(19,20)10-11/h11-12H,3-10H2,1-2H3/t11-,12+/m1/s1. The molecule has 2 fully saturated rings. The smallest absolute Gasteiger partial charge is 0.245 e. The van der Waals surface area contributed by atoms with Crippen LogP contribution >= 0.6 is 0 Å². The molecule has 0 aliphatic carbocycles. The van der Waals surface area contributed by atoms with Crippen LogP contribution in [0.3, 0.4) is 0 Å². The number of amides is 2. The van der Waals surface area contributed by atoms with E-state index >= 15 is 0 Å². The van der Waals surface area contributed by atoms with Crippen molar-refractivity contribution in [2.75, 3.05) is 31.1 Å². The van der Waals surface area contributed by atoms with Crippen LogP contribution in [0.2, 0.25) is 0 Å². The summed E-state index contributed by atoms with van der Waals surface area (Å²) in [5.74, 6) is -0.591. The molecule has 0 unspecified atom stereocenters. The summed E-state index contributed by atoms with van der Waals surface area (Å²) >= 11 is 0. The van der Waals surface area contributed by atoms with Crippen LogP contribution in [0.4, 0.5) is 0 Å². The minimum Gasteiger partial charge on any atom is -0.341 e. The van der Waals surface area contributed by atoms with Gasteiger partial charge >= 0.3 is 0 Å². The number of carbonyl (C=O) groups is 2. The van der Waals surface area contributed by atoms with E-state index in [0.717, 1.165) is 6.42 Å². The van der Waals surface area contributed by atoms with Gasteiger partial charge in [0.15, 0.2) is 9.84 Å². The average Bonchev–Trinajstić information content (AvgIpc) is 3.05. The lowest BCUT2D eigenvalue weighted by Crippen LogP contribution is -2.49. The van der Waals surface area contributed by atoms with E-state index in [1.165, 1.54) is 0 Å². The summed E-state index contributed by atoms with van der Waals surface area (Å²) in [7, 11) is -3.08. The Hall–Kier alpha value is -1.11. The number of likely N-dealkylation sites (N-methyl/N-ethyl adjacent to an activating group) is 1. The fraction of sp³-hybridized carbons (Fsp3) is 0.857. The van der Waals surface area contributed by atoms with E-state index in [4.69, 9.17) is 0 Å². The Morgan fingerprint density at radius 2 is 1.86 bits per heavy atom. The second kappa shape index (κ2) is 6.34. The normalized spacial score (nSPS) is 27.8. The fourth-order valence-electron chi connectivity index (χ4n) is 3.26. The fourth-order valence-corrected chi connectivity index (χ4v) is 4.99. The molecule has 0 bridgehead atoms. The number of carbonyl (C=O) groups excluding carboxylic acids is 2. The number of hydrogen-bond acceptors (Lipinski definition) is 4. The molecular formula is C14H24N2O4S. The van der Waals surface area contributed by atoms with E-state index in [-0.39, 0.29) is 23.3 Å². The van der Waals surface area contributed by atoms with Gasteiger partial charge in [0, 0.05) is 19.6 Å². The van der Waals surface area contributed by atoms with Crippen LogP contribution in [0.25, 0.3) is 0 Å². The Morgan fingerprint density at radius 1 is 1.19 bits per heavy atom. The topological polar surface area (TPSA) is 74.8 Å². The number of rotatable bonds is 4. The lowest BCUT2D eigenvalue weighted by molar-refractivity contribution is -0.145. The van der Waals surface area contributed by atoms with E-state index in [1.807, 2.05) is 13.8 Å². The van der Waals surface area contributed by atoms with Crippen molar-refractivity contribution in [3.05, 3.63) is 0 Å². The molecule has 2 heterocycles. The van der Waals surface area contributed by atoms with Crippen LogP contribution in [0, 0.1) is 5.92 Å². The molecule has 0 N–H and O–H groups in total. The monoisotopic (exact) mass is 316 g/mol. The van der Waals surface area contributed by atoms with Crippen molar-refractivity contribution in [1.29, 1.82) is 0 Å². The molecule has 0 aromatic heterocycles. The van der Waals surface area contributed by atoms with Gasteiger partial charge in [-0.05, 0) is 33.1 Å². The zero-order valence-electron chi connectivity index (χ0n) is 12.7. The summed E-state index contributed by atoms with van der Waals surface area (Å²) in [6, 6.07) is -0.402. The quantitative estimate of drug-likeness (QED) is 0.747. The van der Waals surface area contributed by atoms with Gasteiger partial charge in [-0.15, -0.1) is 0 Å². The average molecular weight is 316 g/mol. The summed E-state index contributed by atoms with van der Waals surface area (Å²) in [5, 5.41) is 0. The number of likely N-dealkylation sites (tertiary alicyclic amines) is 1. The molecule has 21 heavy (non-hydrogen) atoms. The molecule has 0 aromatic rings. The highest BCUT2D eigenvalue weighted by molar-refractivity contribution is 7.91. The predicted molar refractivity (Wildman–Crippen MR) is 79.4 cm³/mol. The third kappa shape index (κ3) is 3.39. The summed E-state index contributed by atoms with van der Waals surface area (Å²) < 4.78 is 23.1. The molecule has 7 heteroatoms. The highest BCUT2D eigenvalue weighted by Gasteiger charge is 2.41. The second-order valence-corrected chi connectivity index (χ2v) is 8.03. The van der Waals surface area contributed by atoms with Gasteiger partial charge in [-0.2, -0.15) is 0 Å². The lowest BCUT2D eigenvalue weighted by Gasteiger charge is -2.30. The number of hydrogen-bond donors (Lipinski definition) is 0. The molecule has 6 nitrogen and oxygen atoms in total. The van der Waals surface area contributed by atoms with E-state index in [9.17, 15) is 18.0 Å². The van der Waals surface area contributed by atoms with Gasteiger partial charge in [-0.3, -0.25) is 9.59 Å². The molecule has 2 saturated heterocycles. The largest absolute Gasteiger partial charge is 0.341 e. The molecule has 2 rings (SSSR count). The van der Waals surface area contributed by atoms with E-state index < -0.39 is 21.8 Å².